The zero-order valence-electron chi connectivity index (χ0n) is 32.9. The van der Waals surface area contributed by atoms with E-state index in [9.17, 15) is 0 Å². The Labute approximate surface area is 350 Å². The standard InChI is InChI=1S/C58H34N2O/c1-4-19-42-35(12-1)15-10-23-44(42)39-26-28-47-48-29-27-40(45-24-11-16-36-13-2-5-20-43(36)45)33-52(48)57-56(51(47)32-39)59-34-53(60-57)41-18-9-17-37(30-41)50-31-38-14-3-6-21-46(38)55-49-22-7-8-25-54(49)61-58(50)55/h1-34H. The Hall–Kier alpha value is -8.14. The summed E-state index contributed by atoms with van der Waals surface area (Å²) in [6, 6.07) is 71.8. The molecular weight excluding hydrogens is 741 g/mol. The first kappa shape index (κ1) is 33.8. The highest BCUT2D eigenvalue weighted by molar-refractivity contribution is 6.25. The third-order valence-electron chi connectivity index (χ3n) is 12.7. The minimum absolute atomic E-state index is 0.817. The first-order chi connectivity index (χ1) is 30.2. The summed E-state index contributed by atoms with van der Waals surface area (Å²) >= 11 is 0. The normalized spacial score (nSPS) is 11.9. The maximum Gasteiger partial charge on any atom is 0.143 e. The molecule has 0 aliphatic rings. The van der Waals surface area contributed by atoms with Crippen LogP contribution in [0.25, 0.3) is 131 Å². The molecule has 3 heteroatoms. The molecule has 0 N–H and O–H groups in total. The zero-order valence-corrected chi connectivity index (χ0v) is 32.9. The summed E-state index contributed by atoms with van der Waals surface area (Å²) in [5, 5.41) is 14.0. The second-order valence-corrected chi connectivity index (χ2v) is 16.1. The summed E-state index contributed by atoms with van der Waals surface area (Å²) in [7, 11) is 0. The van der Waals surface area contributed by atoms with Gasteiger partial charge in [-0.3, -0.25) is 4.98 Å². The van der Waals surface area contributed by atoms with Crippen molar-refractivity contribution in [3.8, 4) is 44.6 Å². The van der Waals surface area contributed by atoms with Gasteiger partial charge in [-0.2, -0.15) is 0 Å². The van der Waals surface area contributed by atoms with Crippen LogP contribution in [-0.4, -0.2) is 9.97 Å². The fraction of sp³-hybridized carbons (Fsp3) is 0. The molecule has 282 valence electrons. The van der Waals surface area contributed by atoms with Crippen molar-refractivity contribution in [2.45, 2.75) is 0 Å². The lowest BCUT2D eigenvalue weighted by atomic mass is 9.91. The molecule has 11 aromatic carbocycles. The molecule has 3 nitrogen and oxygen atoms in total. The number of hydrogen-bond acceptors (Lipinski definition) is 3. The zero-order chi connectivity index (χ0) is 40.0. The number of para-hydroxylation sites is 1. The fourth-order valence-electron chi connectivity index (χ4n) is 9.79. The fourth-order valence-corrected chi connectivity index (χ4v) is 9.79. The minimum Gasteiger partial charge on any atom is -0.455 e. The van der Waals surface area contributed by atoms with Crippen LogP contribution in [0.4, 0.5) is 0 Å². The third-order valence-corrected chi connectivity index (χ3v) is 12.7. The Morgan fingerprint density at radius 1 is 0.328 bits per heavy atom. The molecule has 0 unspecified atom stereocenters. The molecule has 13 aromatic rings. The quantitative estimate of drug-likeness (QED) is 0.167. The van der Waals surface area contributed by atoms with Crippen molar-refractivity contribution in [2.75, 3.05) is 0 Å². The Morgan fingerprint density at radius 2 is 0.869 bits per heavy atom. The monoisotopic (exact) mass is 774 g/mol. The number of nitrogens with zero attached hydrogens (tertiary/aromatic N) is 2. The van der Waals surface area contributed by atoms with Gasteiger partial charge in [0.05, 0.1) is 22.9 Å². The summed E-state index contributed by atoms with van der Waals surface area (Å²) in [6.07, 6.45) is 1.95. The molecule has 0 spiro atoms. The molecule has 2 heterocycles. The van der Waals surface area contributed by atoms with E-state index in [-0.39, 0.29) is 0 Å². The number of benzene rings is 11. The topological polar surface area (TPSA) is 38.9 Å². The molecule has 0 fully saturated rings. The lowest BCUT2D eigenvalue weighted by Crippen LogP contribution is -1.94. The lowest BCUT2D eigenvalue weighted by molar-refractivity contribution is 0.670. The van der Waals surface area contributed by atoms with E-state index in [2.05, 4.69) is 194 Å². The maximum atomic E-state index is 6.65. The molecule has 0 bridgehead atoms. The molecule has 0 aliphatic carbocycles. The van der Waals surface area contributed by atoms with Crippen molar-refractivity contribution in [1.82, 2.24) is 9.97 Å². The number of rotatable bonds is 4. The predicted octanol–water partition coefficient (Wildman–Crippen LogP) is 16.0. The summed E-state index contributed by atoms with van der Waals surface area (Å²) in [5.74, 6) is 0. The molecule has 0 saturated carbocycles. The van der Waals surface area contributed by atoms with Crippen molar-refractivity contribution in [1.29, 1.82) is 0 Å². The van der Waals surface area contributed by atoms with Crippen molar-refractivity contribution in [3.05, 3.63) is 206 Å². The summed E-state index contributed by atoms with van der Waals surface area (Å²) in [5.41, 5.74) is 12.2. The van der Waals surface area contributed by atoms with Gasteiger partial charge >= 0.3 is 0 Å². The summed E-state index contributed by atoms with van der Waals surface area (Å²) < 4.78 is 6.65. The van der Waals surface area contributed by atoms with Gasteiger partial charge < -0.3 is 4.42 Å². The molecule has 13 rings (SSSR count). The third kappa shape index (κ3) is 5.24. The van der Waals surface area contributed by atoms with Gasteiger partial charge in [0.2, 0.25) is 0 Å². The highest BCUT2D eigenvalue weighted by atomic mass is 16.3. The Bertz CT molecular complexity index is 3940. The molecule has 61 heavy (non-hydrogen) atoms. The second-order valence-electron chi connectivity index (χ2n) is 16.1. The van der Waals surface area contributed by atoms with Gasteiger partial charge in [0.25, 0.3) is 0 Å². The number of furan rings is 1. The van der Waals surface area contributed by atoms with E-state index in [0.717, 1.165) is 88.0 Å². The highest BCUT2D eigenvalue weighted by Crippen LogP contribution is 2.43. The van der Waals surface area contributed by atoms with Crippen molar-refractivity contribution in [3.63, 3.8) is 0 Å². The van der Waals surface area contributed by atoms with E-state index in [4.69, 9.17) is 14.4 Å². The van der Waals surface area contributed by atoms with E-state index >= 15 is 0 Å². The van der Waals surface area contributed by atoms with Crippen LogP contribution < -0.4 is 0 Å². The van der Waals surface area contributed by atoms with Crippen molar-refractivity contribution in [2.24, 2.45) is 0 Å². The van der Waals surface area contributed by atoms with Crippen LogP contribution in [0.5, 0.6) is 0 Å². The van der Waals surface area contributed by atoms with E-state index in [1.54, 1.807) is 0 Å². The molecular formula is C58H34N2O. The van der Waals surface area contributed by atoms with Crippen molar-refractivity contribution >= 4 is 86.8 Å². The molecule has 2 aromatic heterocycles. The lowest BCUT2D eigenvalue weighted by Gasteiger charge is -2.15. The highest BCUT2D eigenvalue weighted by Gasteiger charge is 2.19. The Balaban J connectivity index is 1.05. The van der Waals surface area contributed by atoms with E-state index in [1.807, 2.05) is 12.3 Å². The maximum absolute atomic E-state index is 6.65. The van der Waals surface area contributed by atoms with E-state index < -0.39 is 0 Å². The Morgan fingerprint density at radius 3 is 1.57 bits per heavy atom. The van der Waals surface area contributed by atoms with Gasteiger partial charge in [-0.05, 0) is 101 Å². The molecule has 0 aliphatic heterocycles. The van der Waals surface area contributed by atoms with Gasteiger partial charge in [0, 0.05) is 32.7 Å². The molecule has 0 radical (unpaired) electrons. The van der Waals surface area contributed by atoms with Gasteiger partial charge in [-0.1, -0.05) is 170 Å². The van der Waals surface area contributed by atoms with Gasteiger partial charge in [-0.25, -0.2) is 4.98 Å². The van der Waals surface area contributed by atoms with E-state index in [1.165, 1.54) is 43.4 Å². The number of hydrogen-bond donors (Lipinski definition) is 0. The van der Waals surface area contributed by atoms with E-state index in [0.29, 0.717) is 0 Å². The summed E-state index contributed by atoms with van der Waals surface area (Å²) in [4.78, 5) is 10.9. The summed E-state index contributed by atoms with van der Waals surface area (Å²) in [6.45, 7) is 0. The minimum atomic E-state index is 0.817. The molecule has 0 saturated heterocycles. The number of aromatic nitrogens is 2. The molecule has 0 atom stereocenters. The number of fused-ring (bicyclic) bond motifs is 13. The second kappa shape index (κ2) is 13.2. The average Bonchev–Trinajstić information content (AvgIpc) is 3.73. The van der Waals surface area contributed by atoms with Crippen LogP contribution in [0, 0.1) is 0 Å². The smallest absolute Gasteiger partial charge is 0.143 e. The average molecular weight is 775 g/mol. The van der Waals surface area contributed by atoms with Gasteiger partial charge in [-0.15, -0.1) is 0 Å². The van der Waals surface area contributed by atoms with Crippen molar-refractivity contribution < 1.29 is 4.42 Å². The van der Waals surface area contributed by atoms with Crippen LogP contribution in [-0.2, 0) is 0 Å². The first-order valence-electron chi connectivity index (χ1n) is 20.8. The van der Waals surface area contributed by atoms with Crippen LogP contribution in [0.15, 0.2) is 211 Å². The largest absolute Gasteiger partial charge is 0.455 e. The van der Waals surface area contributed by atoms with Crippen LogP contribution >= 0.6 is 0 Å². The van der Waals surface area contributed by atoms with Crippen LogP contribution in [0.2, 0.25) is 0 Å². The van der Waals surface area contributed by atoms with Gasteiger partial charge in [0.1, 0.15) is 11.2 Å². The van der Waals surface area contributed by atoms with Crippen LogP contribution in [0.3, 0.4) is 0 Å². The van der Waals surface area contributed by atoms with Gasteiger partial charge in [0.15, 0.2) is 0 Å². The first-order valence-corrected chi connectivity index (χ1v) is 20.8. The van der Waals surface area contributed by atoms with Crippen LogP contribution in [0.1, 0.15) is 0 Å². The Kier molecular flexibility index (Phi) is 7.31. The predicted molar refractivity (Wildman–Crippen MR) is 256 cm³/mol. The SMILES string of the molecule is c1cc(-c2cnc3c4cc(-c5cccc6ccccc56)ccc4c4ccc(-c5cccc6ccccc56)cc4c3n2)cc(-c2cc3ccccc3c3c2oc2ccccc23)c1. The molecule has 0 amide bonds.